The standard InChI is InChI=1S/C15H12BrN3O2/c1-21-13-6-8(4-5-18-13)12-7-10-11(16)3-2-9(15(17)20)14(10)19-12/h2-7,19H,1H3,(H2,17,20). The van der Waals surface area contributed by atoms with Gasteiger partial charge in [-0.15, -0.1) is 0 Å². The number of ether oxygens (including phenoxy) is 1. The molecule has 21 heavy (non-hydrogen) atoms. The lowest BCUT2D eigenvalue weighted by atomic mass is 10.1. The van der Waals surface area contributed by atoms with Gasteiger partial charge in [0.25, 0.3) is 5.91 Å². The zero-order chi connectivity index (χ0) is 15.0. The molecular weight excluding hydrogens is 334 g/mol. The van der Waals surface area contributed by atoms with E-state index in [1.54, 1.807) is 19.4 Å². The van der Waals surface area contributed by atoms with Gasteiger partial charge in [0.1, 0.15) is 0 Å². The molecule has 0 saturated heterocycles. The molecule has 5 nitrogen and oxygen atoms in total. The molecule has 0 saturated carbocycles. The molecule has 6 heteroatoms. The lowest BCUT2D eigenvalue weighted by Crippen LogP contribution is -2.11. The van der Waals surface area contributed by atoms with Crippen LogP contribution in [0.3, 0.4) is 0 Å². The molecule has 3 aromatic rings. The fourth-order valence-corrected chi connectivity index (χ4v) is 2.68. The number of amides is 1. The number of benzene rings is 1. The number of primary amides is 1. The molecule has 3 N–H and O–H groups in total. The first kappa shape index (κ1) is 13.6. The van der Waals surface area contributed by atoms with Gasteiger partial charge in [0.15, 0.2) is 0 Å². The number of rotatable bonds is 3. The molecule has 106 valence electrons. The summed E-state index contributed by atoms with van der Waals surface area (Å²) in [4.78, 5) is 18.9. The van der Waals surface area contributed by atoms with Gasteiger partial charge < -0.3 is 15.5 Å². The number of halogens is 1. The molecule has 0 radical (unpaired) electrons. The third-order valence-corrected chi connectivity index (χ3v) is 3.95. The molecule has 0 aliphatic heterocycles. The van der Waals surface area contributed by atoms with Crippen LogP contribution in [-0.4, -0.2) is 23.0 Å². The van der Waals surface area contributed by atoms with Crippen LogP contribution in [0.2, 0.25) is 0 Å². The molecule has 0 atom stereocenters. The maximum atomic E-state index is 11.5. The zero-order valence-corrected chi connectivity index (χ0v) is 12.8. The number of nitrogens with one attached hydrogen (secondary N) is 1. The predicted octanol–water partition coefficient (Wildman–Crippen LogP) is 3.10. The van der Waals surface area contributed by atoms with E-state index in [0.29, 0.717) is 17.0 Å². The highest BCUT2D eigenvalue weighted by molar-refractivity contribution is 9.10. The van der Waals surface area contributed by atoms with Gasteiger partial charge in [0.05, 0.1) is 18.2 Å². The van der Waals surface area contributed by atoms with Gasteiger partial charge in [0, 0.05) is 33.4 Å². The van der Waals surface area contributed by atoms with Gasteiger partial charge >= 0.3 is 0 Å². The van der Waals surface area contributed by atoms with Crippen molar-refractivity contribution < 1.29 is 9.53 Å². The quantitative estimate of drug-likeness (QED) is 0.765. The second-order valence-corrected chi connectivity index (χ2v) is 5.37. The summed E-state index contributed by atoms with van der Waals surface area (Å²) in [5, 5.41) is 0.900. The highest BCUT2D eigenvalue weighted by atomic mass is 79.9. The summed E-state index contributed by atoms with van der Waals surface area (Å²) in [5.74, 6) is 0.0635. The average molecular weight is 346 g/mol. The van der Waals surface area contributed by atoms with Crippen molar-refractivity contribution in [3.63, 3.8) is 0 Å². The number of hydrogen-bond donors (Lipinski definition) is 2. The SMILES string of the molecule is COc1cc(-c2cc3c(Br)ccc(C(N)=O)c3[nH]2)ccn1. The Morgan fingerprint density at radius 1 is 1.33 bits per heavy atom. The van der Waals surface area contributed by atoms with Crippen LogP contribution in [0.4, 0.5) is 0 Å². The van der Waals surface area contributed by atoms with Crippen molar-refractivity contribution in [3.8, 4) is 17.1 Å². The Morgan fingerprint density at radius 2 is 2.14 bits per heavy atom. The van der Waals surface area contributed by atoms with Crippen molar-refractivity contribution in [1.82, 2.24) is 9.97 Å². The van der Waals surface area contributed by atoms with E-state index in [-0.39, 0.29) is 0 Å². The van der Waals surface area contributed by atoms with Crippen LogP contribution in [0.1, 0.15) is 10.4 Å². The van der Waals surface area contributed by atoms with Crippen molar-refractivity contribution in [2.75, 3.05) is 7.11 Å². The molecule has 0 spiro atoms. The Bertz CT molecular complexity index is 842. The van der Waals surface area contributed by atoms with E-state index in [2.05, 4.69) is 25.9 Å². The van der Waals surface area contributed by atoms with Gasteiger partial charge in [-0.3, -0.25) is 4.79 Å². The molecule has 2 heterocycles. The average Bonchev–Trinajstić information content (AvgIpc) is 2.93. The van der Waals surface area contributed by atoms with Gasteiger partial charge in [-0.25, -0.2) is 4.98 Å². The van der Waals surface area contributed by atoms with E-state index in [1.165, 1.54) is 0 Å². The molecule has 3 rings (SSSR count). The monoisotopic (exact) mass is 345 g/mol. The van der Waals surface area contributed by atoms with E-state index >= 15 is 0 Å². The van der Waals surface area contributed by atoms with E-state index in [1.807, 2.05) is 24.3 Å². The molecular formula is C15H12BrN3O2. The van der Waals surface area contributed by atoms with Gasteiger partial charge in [-0.05, 0) is 24.3 Å². The lowest BCUT2D eigenvalue weighted by Gasteiger charge is -2.01. The number of carbonyl (C=O) groups is 1. The second kappa shape index (κ2) is 5.21. The molecule has 1 aromatic carbocycles. The van der Waals surface area contributed by atoms with Crippen LogP contribution in [-0.2, 0) is 0 Å². The van der Waals surface area contributed by atoms with Gasteiger partial charge in [0.2, 0.25) is 5.88 Å². The number of carbonyl (C=O) groups excluding carboxylic acids is 1. The number of fused-ring (bicyclic) bond motifs is 1. The Balaban J connectivity index is 2.23. The third kappa shape index (κ3) is 2.38. The predicted molar refractivity (Wildman–Crippen MR) is 84.3 cm³/mol. The first-order valence-electron chi connectivity index (χ1n) is 6.21. The zero-order valence-electron chi connectivity index (χ0n) is 11.2. The first-order chi connectivity index (χ1) is 10.1. The van der Waals surface area contributed by atoms with Crippen molar-refractivity contribution in [3.05, 3.63) is 46.6 Å². The van der Waals surface area contributed by atoms with E-state index in [9.17, 15) is 4.79 Å². The molecule has 2 aromatic heterocycles. The number of nitrogens with zero attached hydrogens (tertiary/aromatic N) is 1. The molecule has 0 bridgehead atoms. The first-order valence-corrected chi connectivity index (χ1v) is 7.01. The number of aromatic amines is 1. The normalized spacial score (nSPS) is 10.8. The van der Waals surface area contributed by atoms with Crippen LogP contribution in [0.5, 0.6) is 5.88 Å². The van der Waals surface area contributed by atoms with Gasteiger partial charge in [-0.1, -0.05) is 15.9 Å². The van der Waals surface area contributed by atoms with Gasteiger partial charge in [-0.2, -0.15) is 0 Å². The maximum absolute atomic E-state index is 11.5. The number of pyridine rings is 1. The smallest absolute Gasteiger partial charge is 0.250 e. The highest BCUT2D eigenvalue weighted by Gasteiger charge is 2.13. The number of H-pyrrole nitrogens is 1. The van der Waals surface area contributed by atoms with E-state index in [0.717, 1.165) is 21.1 Å². The molecule has 0 fully saturated rings. The summed E-state index contributed by atoms with van der Waals surface area (Å²) in [6.45, 7) is 0. The highest BCUT2D eigenvalue weighted by Crippen LogP contribution is 2.32. The summed E-state index contributed by atoms with van der Waals surface area (Å²) in [7, 11) is 1.57. The number of methoxy groups -OCH3 is 1. The molecule has 1 amide bonds. The van der Waals surface area contributed by atoms with Crippen molar-refractivity contribution >= 4 is 32.7 Å². The van der Waals surface area contributed by atoms with Crippen LogP contribution in [0, 0.1) is 0 Å². The summed E-state index contributed by atoms with van der Waals surface area (Å²) in [5.41, 5.74) is 8.37. The fourth-order valence-electron chi connectivity index (χ4n) is 2.23. The number of nitrogens with two attached hydrogens (primary N) is 1. The van der Waals surface area contributed by atoms with Crippen LogP contribution < -0.4 is 10.5 Å². The Labute approximate surface area is 129 Å². The Morgan fingerprint density at radius 3 is 2.86 bits per heavy atom. The van der Waals surface area contributed by atoms with Crippen molar-refractivity contribution in [2.24, 2.45) is 5.73 Å². The maximum Gasteiger partial charge on any atom is 0.250 e. The molecule has 0 unspecified atom stereocenters. The van der Waals surface area contributed by atoms with Crippen LogP contribution >= 0.6 is 15.9 Å². The Kier molecular flexibility index (Phi) is 3.39. The fraction of sp³-hybridized carbons (Fsp3) is 0.0667. The number of aromatic nitrogens is 2. The molecule has 0 aliphatic rings. The second-order valence-electron chi connectivity index (χ2n) is 4.52. The van der Waals surface area contributed by atoms with E-state index < -0.39 is 5.91 Å². The van der Waals surface area contributed by atoms with E-state index in [4.69, 9.17) is 10.5 Å². The molecule has 0 aliphatic carbocycles. The Hall–Kier alpha value is -2.34. The lowest BCUT2D eigenvalue weighted by molar-refractivity contribution is 0.100. The summed E-state index contributed by atoms with van der Waals surface area (Å²) >= 11 is 3.49. The summed E-state index contributed by atoms with van der Waals surface area (Å²) in [6, 6.07) is 9.16. The summed E-state index contributed by atoms with van der Waals surface area (Å²) < 4.78 is 6.02. The minimum Gasteiger partial charge on any atom is -0.481 e. The minimum atomic E-state index is -0.465. The number of hydrogen-bond acceptors (Lipinski definition) is 3. The minimum absolute atomic E-state index is 0.459. The van der Waals surface area contributed by atoms with Crippen LogP contribution in [0.15, 0.2) is 41.0 Å². The van der Waals surface area contributed by atoms with Crippen LogP contribution in [0.25, 0.3) is 22.2 Å². The largest absolute Gasteiger partial charge is 0.481 e. The third-order valence-electron chi connectivity index (χ3n) is 3.26. The van der Waals surface area contributed by atoms with Crippen molar-refractivity contribution in [1.29, 1.82) is 0 Å². The summed E-state index contributed by atoms with van der Waals surface area (Å²) in [6.07, 6.45) is 1.67. The van der Waals surface area contributed by atoms with Crippen molar-refractivity contribution in [2.45, 2.75) is 0 Å². The topological polar surface area (TPSA) is 81.0 Å².